The molecule has 4 aromatic rings. The third-order valence-electron chi connectivity index (χ3n) is 4.34. The predicted octanol–water partition coefficient (Wildman–Crippen LogP) is 5.13. The molecule has 1 heterocycles. The summed E-state index contributed by atoms with van der Waals surface area (Å²) in [4.78, 5) is 7.98. The number of ether oxygens (including phenoxy) is 2. The van der Waals surface area contributed by atoms with E-state index in [0.717, 1.165) is 28.0 Å². The summed E-state index contributed by atoms with van der Waals surface area (Å²) in [5.41, 5.74) is 5.28. The normalized spacial score (nSPS) is 10.8. The minimum absolute atomic E-state index is 0.501. The number of hydrogen-bond donors (Lipinski definition) is 1. The number of hydrogen-bond acceptors (Lipinski definition) is 3. The molecule has 0 aliphatic carbocycles. The van der Waals surface area contributed by atoms with Gasteiger partial charge in [0, 0.05) is 5.56 Å². The quantitative estimate of drug-likeness (QED) is 0.546. The number of nitrogens with zero attached hydrogens (tertiary/aromatic N) is 1. The molecule has 4 nitrogen and oxygen atoms in total. The van der Waals surface area contributed by atoms with E-state index in [-0.39, 0.29) is 0 Å². The predicted molar refractivity (Wildman–Crippen MR) is 104 cm³/mol. The minimum Gasteiger partial charge on any atom is -0.493 e. The smallest absolute Gasteiger partial charge is 0.161 e. The van der Waals surface area contributed by atoms with Gasteiger partial charge in [-0.2, -0.15) is 0 Å². The van der Waals surface area contributed by atoms with Gasteiger partial charge in [-0.15, -0.1) is 0 Å². The van der Waals surface area contributed by atoms with E-state index in [9.17, 15) is 0 Å². The molecular formula is C22H20N2O2. The second-order valence-corrected chi connectivity index (χ2v) is 6.24. The number of fused-ring (bicyclic) bond motifs is 1. The van der Waals surface area contributed by atoms with Crippen LogP contribution in [0.15, 0.2) is 66.7 Å². The molecule has 0 aliphatic heterocycles. The van der Waals surface area contributed by atoms with Crippen molar-refractivity contribution >= 4 is 11.0 Å². The summed E-state index contributed by atoms with van der Waals surface area (Å²) in [5, 5.41) is 0. The first-order valence-corrected chi connectivity index (χ1v) is 8.54. The van der Waals surface area contributed by atoms with Gasteiger partial charge in [-0.1, -0.05) is 42.0 Å². The summed E-state index contributed by atoms with van der Waals surface area (Å²) in [6.07, 6.45) is 0. The number of methoxy groups -OCH3 is 1. The van der Waals surface area contributed by atoms with Gasteiger partial charge in [-0.3, -0.25) is 0 Å². The Morgan fingerprint density at radius 1 is 0.923 bits per heavy atom. The van der Waals surface area contributed by atoms with Gasteiger partial charge >= 0.3 is 0 Å². The monoisotopic (exact) mass is 344 g/mol. The van der Waals surface area contributed by atoms with Crippen LogP contribution in [0.5, 0.6) is 11.5 Å². The summed E-state index contributed by atoms with van der Waals surface area (Å²) in [6, 6.07) is 22.2. The lowest BCUT2D eigenvalue weighted by molar-refractivity contribution is 0.284. The van der Waals surface area contributed by atoms with Crippen LogP contribution in [0.4, 0.5) is 0 Å². The van der Waals surface area contributed by atoms with Crippen molar-refractivity contribution in [3.8, 4) is 22.9 Å². The third-order valence-corrected chi connectivity index (χ3v) is 4.34. The molecule has 1 N–H and O–H groups in total. The van der Waals surface area contributed by atoms with Crippen LogP contribution in [0.1, 0.15) is 11.1 Å². The van der Waals surface area contributed by atoms with Crippen molar-refractivity contribution < 1.29 is 9.47 Å². The molecule has 0 saturated heterocycles. The van der Waals surface area contributed by atoms with Gasteiger partial charge in [0.2, 0.25) is 0 Å². The van der Waals surface area contributed by atoms with E-state index in [4.69, 9.17) is 9.47 Å². The first kappa shape index (κ1) is 16.2. The number of benzene rings is 3. The van der Waals surface area contributed by atoms with E-state index in [1.165, 1.54) is 5.56 Å². The van der Waals surface area contributed by atoms with Gasteiger partial charge in [-0.05, 0) is 42.8 Å². The summed E-state index contributed by atoms with van der Waals surface area (Å²) in [7, 11) is 1.65. The molecular weight excluding hydrogens is 324 g/mol. The van der Waals surface area contributed by atoms with Crippen molar-refractivity contribution in [1.82, 2.24) is 9.97 Å². The maximum absolute atomic E-state index is 5.95. The highest BCUT2D eigenvalue weighted by Gasteiger charge is 2.10. The molecule has 0 unspecified atom stereocenters. The van der Waals surface area contributed by atoms with E-state index in [1.807, 2.05) is 42.5 Å². The molecule has 0 aliphatic rings. The Kier molecular flexibility index (Phi) is 4.32. The Morgan fingerprint density at radius 2 is 1.73 bits per heavy atom. The maximum atomic E-state index is 5.95. The van der Waals surface area contributed by atoms with E-state index >= 15 is 0 Å². The highest BCUT2D eigenvalue weighted by molar-refractivity contribution is 5.79. The number of aryl methyl sites for hydroxylation is 1. The SMILES string of the molecule is COc1cc(-c2nc3ccccc3[nH]2)ccc1OCc1ccc(C)cc1. The summed E-state index contributed by atoms with van der Waals surface area (Å²) in [6.45, 7) is 2.57. The largest absolute Gasteiger partial charge is 0.493 e. The molecule has 0 fully saturated rings. The van der Waals surface area contributed by atoms with Crippen LogP contribution in [0.25, 0.3) is 22.4 Å². The fourth-order valence-electron chi connectivity index (χ4n) is 2.87. The lowest BCUT2D eigenvalue weighted by Crippen LogP contribution is -1.98. The van der Waals surface area contributed by atoms with Crippen LogP contribution in [-0.4, -0.2) is 17.1 Å². The third kappa shape index (κ3) is 3.26. The van der Waals surface area contributed by atoms with E-state index in [1.54, 1.807) is 7.11 Å². The summed E-state index contributed by atoms with van der Waals surface area (Å²) in [5.74, 6) is 2.22. The van der Waals surface area contributed by atoms with Crippen LogP contribution in [0, 0.1) is 6.92 Å². The van der Waals surface area contributed by atoms with Crippen LogP contribution in [0.2, 0.25) is 0 Å². The number of H-pyrrole nitrogens is 1. The average Bonchev–Trinajstić information content (AvgIpc) is 3.11. The number of aromatic amines is 1. The molecule has 1 aromatic heterocycles. The number of para-hydroxylation sites is 2. The zero-order valence-electron chi connectivity index (χ0n) is 14.8. The Bertz CT molecular complexity index is 1000. The van der Waals surface area contributed by atoms with Crippen LogP contribution in [-0.2, 0) is 6.61 Å². The average molecular weight is 344 g/mol. The van der Waals surface area contributed by atoms with Gasteiger partial charge in [0.1, 0.15) is 12.4 Å². The molecule has 0 atom stereocenters. The number of imidazole rings is 1. The van der Waals surface area contributed by atoms with Gasteiger partial charge in [0.25, 0.3) is 0 Å². The van der Waals surface area contributed by atoms with Crippen molar-refractivity contribution in [2.24, 2.45) is 0 Å². The first-order valence-electron chi connectivity index (χ1n) is 8.54. The van der Waals surface area contributed by atoms with E-state index in [2.05, 4.69) is 41.2 Å². The molecule has 0 saturated carbocycles. The first-order chi connectivity index (χ1) is 12.7. The lowest BCUT2D eigenvalue weighted by atomic mass is 10.1. The highest BCUT2D eigenvalue weighted by atomic mass is 16.5. The Labute approximate surface area is 152 Å². The Balaban J connectivity index is 1.58. The summed E-state index contributed by atoms with van der Waals surface area (Å²) >= 11 is 0. The number of rotatable bonds is 5. The maximum Gasteiger partial charge on any atom is 0.161 e. The van der Waals surface area contributed by atoms with Crippen LogP contribution < -0.4 is 9.47 Å². The van der Waals surface area contributed by atoms with Crippen molar-refractivity contribution in [2.75, 3.05) is 7.11 Å². The molecule has 0 spiro atoms. The van der Waals surface area contributed by atoms with Crippen molar-refractivity contribution in [3.63, 3.8) is 0 Å². The van der Waals surface area contributed by atoms with Crippen LogP contribution in [0.3, 0.4) is 0 Å². The van der Waals surface area contributed by atoms with Crippen molar-refractivity contribution in [1.29, 1.82) is 0 Å². The van der Waals surface area contributed by atoms with E-state index in [0.29, 0.717) is 18.1 Å². The van der Waals surface area contributed by atoms with Crippen molar-refractivity contribution in [2.45, 2.75) is 13.5 Å². The molecule has 0 bridgehead atoms. The Morgan fingerprint density at radius 3 is 2.50 bits per heavy atom. The van der Waals surface area contributed by atoms with Gasteiger partial charge in [0.05, 0.1) is 18.1 Å². The molecule has 3 aromatic carbocycles. The zero-order valence-corrected chi connectivity index (χ0v) is 14.8. The Hall–Kier alpha value is -3.27. The van der Waals surface area contributed by atoms with E-state index < -0.39 is 0 Å². The molecule has 4 heteroatoms. The lowest BCUT2D eigenvalue weighted by Gasteiger charge is -2.12. The molecule has 0 radical (unpaired) electrons. The fraction of sp³-hybridized carbons (Fsp3) is 0.136. The number of aromatic nitrogens is 2. The van der Waals surface area contributed by atoms with Crippen molar-refractivity contribution in [3.05, 3.63) is 77.9 Å². The summed E-state index contributed by atoms with van der Waals surface area (Å²) < 4.78 is 11.5. The molecule has 0 amide bonds. The highest BCUT2D eigenvalue weighted by Crippen LogP contribution is 2.32. The second kappa shape index (κ2) is 6.92. The molecule has 26 heavy (non-hydrogen) atoms. The topological polar surface area (TPSA) is 47.1 Å². The molecule has 130 valence electrons. The second-order valence-electron chi connectivity index (χ2n) is 6.24. The molecule has 4 rings (SSSR count). The fourth-order valence-corrected chi connectivity index (χ4v) is 2.87. The minimum atomic E-state index is 0.501. The van der Waals surface area contributed by atoms with Gasteiger partial charge < -0.3 is 14.5 Å². The standard InChI is InChI=1S/C22H20N2O2/c1-15-7-9-16(10-8-15)14-26-20-12-11-17(13-21(20)25-2)22-23-18-5-3-4-6-19(18)24-22/h3-13H,14H2,1-2H3,(H,23,24). The number of nitrogens with one attached hydrogen (secondary N) is 1. The van der Waals surface area contributed by atoms with Gasteiger partial charge in [-0.25, -0.2) is 4.98 Å². The zero-order chi connectivity index (χ0) is 17.9. The van der Waals surface area contributed by atoms with Gasteiger partial charge in [0.15, 0.2) is 11.5 Å². The van der Waals surface area contributed by atoms with Crippen LogP contribution >= 0.6 is 0 Å².